The fourth-order valence-corrected chi connectivity index (χ4v) is 2.81. The first-order valence-corrected chi connectivity index (χ1v) is 7.01. The molecule has 1 aliphatic rings. The first-order chi connectivity index (χ1) is 8.74. The van der Waals surface area contributed by atoms with Gasteiger partial charge in [0.2, 0.25) is 0 Å². The Bertz CT molecular complexity index is 616. The lowest BCUT2D eigenvalue weighted by molar-refractivity contribution is -0.0933. The number of halogens is 1. The first kappa shape index (κ1) is 12.3. The van der Waals surface area contributed by atoms with Crippen LogP contribution in [-0.4, -0.2) is 35.5 Å². The molecule has 1 aliphatic heterocycles. The minimum atomic E-state index is 0.0769. The van der Waals surface area contributed by atoms with Crippen molar-refractivity contribution in [1.82, 2.24) is 9.55 Å². The first-order valence-electron chi connectivity index (χ1n) is 5.81. The molecule has 1 N–H and O–H groups in total. The van der Waals surface area contributed by atoms with Crippen LogP contribution in [0.25, 0.3) is 11.0 Å². The fraction of sp³-hybridized carbons (Fsp3) is 0.417. The summed E-state index contributed by atoms with van der Waals surface area (Å²) in [6, 6.07) is 6.09. The molecular formula is C12H13BrN2O2S. The van der Waals surface area contributed by atoms with Crippen molar-refractivity contribution in [2.45, 2.75) is 12.6 Å². The highest BCUT2D eigenvalue weighted by atomic mass is 79.9. The molecular weight excluding hydrogens is 316 g/mol. The van der Waals surface area contributed by atoms with E-state index < -0.39 is 0 Å². The Morgan fingerprint density at radius 3 is 3.11 bits per heavy atom. The van der Waals surface area contributed by atoms with E-state index in [9.17, 15) is 0 Å². The smallest absolute Gasteiger partial charge is 0.178 e. The Labute approximate surface area is 118 Å². The summed E-state index contributed by atoms with van der Waals surface area (Å²) in [7, 11) is 0. The van der Waals surface area contributed by atoms with Gasteiger partial charge in [-0.25, -0.2) is 0 Å². The number of fused-ring (bicyclic) bond motifs is 1. The number of hydrogen-bond donors (Lipinski definition) is 1. The van der Waals surface area contributed by atoms with Crippen LogP contribution < -0.4 is 0 Å². The maximum Gasteiger partial charge on any atom is 0.178 e. The van der Waals surface area contributed by atoms with Crippen LogP contribution in [0.15, 0.2) is 22.7 Å². The summed E-state index contributed by atoms with van der Waals surface area (Å²) in [5, 5.41) is 0. The molecule has 1 aromatic heterocycles. The normalized spacial score (nSPS) is 20.4. The molecule has 4 nitrogen and oxygen atoms in total. The number of imidazole rings is 1. The summed E-state index contributed by atoms with van der Waals surface area (Å²) >= 11 is 8.82. The van der Waals surface area contributed by atoms with E-state index >= 15 is 0 Å². The Kier molecular flexibility index (Phi) is 3.52. The Morgan fingerprint density at radius 1 is 1.44 bits per heavy atom. The second-order valence-electron chi connectivity index (χ2n) is 4.27. The molecule has 1 atom stereocenters. The number of benzene rings is 1. The van der Waals surface area contributed by atoms with Gasteiger partial charge in [0, 0.05) is 4.47 Å². The van der Waals surface area contributed by atoms with Crippen molar-refractivity contribution >= 4 is 39.2 Å². The molecule has 0 aliphatic carbocycles. The van der Waals surface area contributed by atoms with E-state index in [1.54, 1.807) is 0 Å². The van der Waals surface area contributed by atoms with Crippen molar-refractivity contribution in [3.63, 3.8) is 0 Å². The van der Waals surface area contributed by atoms with Crippen molar-refractivity contribution in [3.05, 3.63) is 27.4 Å². The minimum absolute atomic E-state index is 0.0769. The summed E-state index contributed by atoms with van der Waals surface area (Å²) in [5.41, 5.74) is 2.13. The number of aromatic nitrogens is 2. The van der Waals surface area contributed by atoms with Crippen LogP contribution in [0.5, 0.6) is 0 Å². The summed E-state index contributed by atoms with van der Waals surface area (Å²) in [5.74, 6) is 0. The topological polar surface area (TPSA) is 39.2 Å². The van der Waals surface area contributed by atoms with E-state index in [-0.39, 0.29) is 6.10 Å². The summed E-state index contributed by atoms with van der Waals surface area (Å²) in [4.78, 5) is 3.21. The van der Waals surface area contributed by atoms with Gasteiger partial charge in [-0.15, -0.1) is 0 Å². The molecule has 2 aromatic rings. The van der Waals surface area contributed by atoms with Gasteiger partial charge in [-0.1, -0.05) is 15.9 Å². The molecule has 0 saturated carbocycles. The van der Waals surface area contributed by atoms with Gasteiger partial charge in [0.1, 0.15) is 0 Å². The number of nitrogens with zero attached hydrogens (tertiary/aromatic N) is 1. The lowest BCUT2D eigenvalue weighted by Crippen LogP contribution is -2.32. The number of ether oxygens (including phenoxy) is 2. The van der Waals surface area contributed by atoms with E-state index in [2.05, 4.69) is 31.5 Å². The molecule has 0 radical (unpaired) electrons. The summed E-state index contributed by atoms with van der Waals surface area (Å²) < 4.78 is 14.9. The zero-order valence-electron chi connectivity index (χ0n) is 9.69. The van der Waals surface area contributed by atoms with Crippen molar-refractivity contribution in [2.24, 2.45) is 0 Å². The van der Waals surface area contributed by atoms with Crippen LogP contribution >= 0.6 is 28.1 Å². The number of rotatable bonds is 2. The van der Waals surface area contributed by atoms with Crippen LogP contribution in [-0.2, 0) is 16.0 Å². The van der Waals surface area contributed by atoms with Crippen LogP contribution in [0.4, 0.5) is 0 Å². The van der Waals surface area contributed by atoms with Gasteiger partial charge in [0.05, 0.1) is 43.5 Å². The third-order valence-corrected chi connectivity index (χ3v) is 3.82. The Hall–Kier alpha value is -0.690. The molecule has 6 heteroatoms. The second kappa shape index (κ2) is 5.13. The molecule has 18 heavy (non-hydrogen) atoms. The number of aromatic amines is 1. The van der Waals surface area contributed by atoms with Gasteiger partial charge in [-0.3, -0.25) is 0 Å². The lowest BCUT2D eigenvalue weighted by atomic mass is 10.3. The molecule has 1 saturated heterocycles. The minimum Gasteiger partial charge on any atom is -0.376 e. The van der Waals surface area contributed by atoms with E-state index in [0.29, 0.717) is 19.8 Å². The van der Waals surface area contributed by atoms with Crippen LogP contribution in [0.1, 0.15) is 0 Å². The highest BCUT2D eigenvalue weighted by Crippen LogP contribution is 2.20. The quantitative estimate of drug-likeness (QED) is 0.861. The largest absolute Gasteiger partial charge is 0.376 e. The van der Waals surface area contributed by atoms with Gasteiger partial charge in [-0.05, 0) is 30.4 Å². The molecule has 3 rings (SSSR count). The third kappa shape index (κ3) is 2.38. The molecule has 1 fully saturated rings. The SMILES string of the molecule is S=c1[nH]c2cc(Br)ccc2n1CC1COCCO1. The van der Waals surface area contributed by atoms with Crippen LogP contribution in [0.3, 0.4) is 0 Å². The summed E-state index contributed by atoms with van der Waals surface area (Å²) in [6.45, 7) is 2.69. The maximum atomic E-state index is 5.66. The predicted octanol–water partition coefficient (Wildman–Crippen LogP) is 2.88. The van der Waals surface area contributed by atoms with Gasteiger partial charge >= 0.3 is 0 Å². The highest BCUT2D eigenvalue weighted by molar-refractivity contribution is 9.10. The van der Waals surface area contributed by atoms with Crippen molar-refractivity contribution in [1.29, 1.82) is 0 Å². The van der Waals surface area contributed by atoms with Gasteiger partial charge in [0.15, 0.2) is 4.77 Å². The Morgan fingerprint density at radius 2 is 2.33 bits per heavy atom. The number of H-pyrrole nitrogens is 1. The van der Waals surface area contributed by atoms with Crippen LogP contribution in [0, 0.1) is 4.77 Å². The predicted molar refractivity (Wildman–Crippen MR) is 75.4 cm³/mol. The highest BCUT2D eigenvalue weighted by Gasteiger charge is 2.16. The van der Waals surface area contributed by atoms with Crippen molar-refractivity contribution in [2.75, 3.05) is 19.8 Å². The van der Waals surface area contributed by atoms with E-state index in [1.165, 1.54) is 0 Å². The number of nitrogens with one attached hydrogen (secondary N) is 1. The van der Waals surface area contributed by atoms with Crippen molar-refractivity contribution in [3.8, 4) is 0 Å². The monoisotopic (exact) mass is 328 g/mol. The molecule has 0 spiro atoms. The maximum absolute atomic E-state index is 5.66. The average Bonchev–Trinajstić information content (AvgIpc) is 2.66. The average molecular weight is 329 g/mol. The Balaban J connectivity index is 1.95. The molecule has 2 heterocycles. The lowest BCUT2D eigenvalue weighted by Gasteiger charge is -2.23. The van der Waals surface area contributed by atoms with E-state index in [1.807, 2.05) is 12.1 Å². The zero-order valence-corrected chi connectivity index (χ0v) is 12.1. The standard InChI is InChI=1S/C12H13BrN2O2S/c13-8-1-2-11-10(5-8)14-12(18)15(11)6-9-7-16-3-4-17-9/h1-2,5,9H,3-4,6-7H2,(H,14,18). The second-order valence-corrected chi connectivity index (χ2v) is 5.57. The molecule has 1 aromatic carbocycles. The van der Waals surface area contributed by atoms with E-state index in [4.69, 9.17) is 21.7 Å². The van der Waals surface area contributed by atoms with Crippen LogP contribution in [0.2, 0.25) is 0 Å². The third-order valence-electron chi connectivity index (χ3n) is 3.01. The van der Waals surface area contributed by atoms with Gasteiger partial charge in [0.25, 0.3) is 0 Å². The molecule has 96 valence electrons. The number of hydrogen-bond acceptors (Lipinski definition) is 3. The van der Waals surface area contributed by atoms with E-state index in [0.717, 1.165) is 26.8 Å². The molecule has 0 amide bonds. The van der Waals surface area contributed by atoms with Crippen molar-refractivity contribution < 1.29 is 9.47 Å². The van der Waals surface area contributed by atoms with Gasteiger partial charge < -0.3 is 19.0 Å². The van der Waals surface area contributed by atoms with Gasteiger partial charge in [-0.2, -0.15) is 0 Å². The summed E-state index contributed by atoms with van der Waals surface area (Å²) in [6.07, 6.45) is 0.0769. The zero-order chi connectivity index (χ0) is 12.5. The molecule has 1 unspecified atom stereocenters. The molecule has 0 bridgehead atoms. The fourth-order valence-electron chi connectivity index (χ4n) is 2.16.